The van der Waals surface area contributed by atoms with Crippen LogP contribution in [-0.2, 0) is 6.42 Å². The molecule has 0 spiro atoms. The van der Waals surface area contributed by atoms with Crippen molar-refractivity contribution in [3.8, 4) is 0 Å². The highest BCUT2D eigenvalue weighted by molar-refractivity contribution is 6.10. The molecule has 0 bridgehead atoms. The molecule has 0 saturated heterocycles. The Hall–Kier alpha value is -2.62. The highest BCUT2D eigenvalue weighted by Crippen LogP contribution is 2.20. The van der Waals surface area contributed by atoms with Gasteiger partial charge in [-0.05, 0) is 61.0 Å². The number of benzene rings is 1. The van der Waals surface area contributed by atoms with Crippen LogP contribution in [0.15, 0.2) is 69.9 Å². The zero-order valence-corrected chi connectivity index (χ0v) is 17.6. The van der Waals surface area contributed by atoms with E-state index >= 15 is 0 Å². The highest BCUT2D eigenvalue weighted by atomic mass is 15.1. The number of amidine groups is 1. The molecule has 1 aromatic rings. The molecule has 0 aromatic heterocycles. The number of nitrogens with zero attached hydrogens (tertiary/aromatic N) is 2. The van der Waals surface area contributed by atoms with Gasteiger partial charge in [0.2, 0.25) is 0 Å². The lowest BCUT2D eigenvalue weighted by Crippen LogP contribution is -2.28. The lowest BCUT2D eigenvalue weighted by atomic mass is 10.0. The van der Waals surface area contributed by atoms with Crippen molar-refractivity contribution >= 4 is 11.5 Å². The largest absolute Gasteiger partial charge is 0.386 e. The van der Waals surface area contributed by atoms with E-state index in [9.17, 15) is 0 Å². The summed E-state index contributed by atoms with van der Waals surface area (Å²) in [6, 6.07) is 8.71. The minimum absolute atomic E-state index is 0.427. The van der Waals surface area contributed by atoms with Crippen molar-refractivity contribution in [3.05, 3.63) is 71.1 Å². The summed E-state index contributed by atoms with van der Waals surface area (Å²) in [4.78, 5) is 9.42. The molecule has 0 aliphatic carbocycles. The van der Waals surface area contributed by atoms with Gasteiger partial charge in [0.1, 0.15) is 5.84 Å². The second-order valence-corrected chi connectivity index (χ2v) is 7.10. The lowest BCUT2D eigenvalue weighted by molar-refractivity contribution is 0.801. The molecule has 1 heterocycles. The normalized spacial score (nSPS) is 14.7. The van der Waals surface area contributed by atoms with Gasteiger partial charge in [-0.25, -0.2) is 0 Å². The van der Waals surface area contributed by atoms with Gasteiger partial charge in [0.15, 0.2) is 0 Å². The van der Waals surface area contributed by atoms with E-state index in [0.29, 0.717) is 5.82 Å². The third-order valence-electron chi connectivity index (χ3n) is 4.88. The molecule has 2 rings (SSSR count). The number of aryl methyl sites for hydroxylation is 1. The minimum Gasteiger partial charge on any atom is -0.386 e. The Balaban J connectivity index is 2.00. The summed E-state index contributed by atoms with van der Waals surface area (Å²) in [5, 5.41) is 3.13. The first-order valence-corrected chi connectivity index (χ1v) is 10.3. The van der Waals surface area contributed by atoms with Gasteiger partial charge < -0.3 is 11.1 Å². The first-order chi connectivity index (χ1) is 13.6. The van der Waals surface area contributed by atoms with Crippen LogP contribution in [0, 0.1) is 0 Å². The molecule has 0 saturated carbocycles. The number of aliphatic imine (C=N–C) groups is 2. The third kappa shape index (κ3) is 6.52. The number of nitrogens with two attached hydrogens (primary N) is 1. The Kier molecular flexibility index (Phi) is 8.73. The van der Waals surface area contributed by atoms with E-state index in [-0.39, 0.29) is 0 Å². The second kappa shape index (κ2) is 11.3. The molecular weight excluding hydrogens is 344 g/mol. The van der Waals surface area contributed by atoms with Crippen LogP contribution < -0.4 is 11.1 Å². The van der Waals surface area contributed by atoms with Crippen LogP contribution in [0.4, 0.5) is 0 Å². The van der Waals surface area contributed by atoms with Gasteiger partial charge >= 0.3 is 0 Å². The predicted octanol–water partition coefficient (Wildman–Crippen LogP) is 4.92. The Labute approximate surface area is 170 Å². The minimum atomic E-state index is 0.427. The van der Waals surface area contributed by atoms with E-state index in [1.165, 1.54) is 22.3 Å². The van der Waals surface area contributed by atoms with E-state index < -0.39 is 0 Å². The quantitative estimate of drug-likeness (QED) is 0.345. The summed E-state index contributed by atoms with van der Waals surface area (Å²) in [7, 11) is 0. The monoisotopic (exact) mass is 378 g/mol. The Morgan fingerprint density at radius 2 is 2.04 bits per heavy atom. The second-order valence-electron chi connectivity index (χ2n) is 7.10. The first kappa shape index (κ1) is 21.7. The maximum Gasteiger partial charge on any atom is 0.129 e. The van der Waals surface area contributed by atoms with Gasteiger partial charge in [-0.1, -0.05) is 57.2 Å². The van der Waals surface area contributed by atoms with Crippen LogP contribution in [-0.4, -0.2) is 24.6 Å². The van der Waals surface area contributed by atoms with Crippen molar-refractivity contribution < 1.29 is 0 Å². The van der Waals surface area contributed by atoms with Gasteiger partial charge in [0.05, 0.1) is 18.1 Å². The van der Waals surface area contributed by atoms with E-state index in [4.69, 9.17) is 15.7 Å². The zero-order chi connectivity index (χ0) is 20.4. The van der Waals surface area contributed by atoms with Gasteiger partial charge in [-0.2, -0.15) is 0 Å². The summed E-state index contributed by atoms with van der Waals surface area (Å²) in [6.07, 6.45) is 9.47. The molecule has 0 atom stereocenters. The maximum absolute atomic E-state index is 5.77. The van der Waals surface area contributed by atoms with Crippen molar-refractivity contribution in [3.63, 3.8) is 0 Å². The highest BCUT2D eigenvalue weighted by Gasteiger charge is 2.13. The smallest absolute Gasteiger partial charge is 0.129 e. The lowest BCUT2D eigenvalue weighted by Gasteiger charge is -2.13. The van der Waals surface area contributed by atoms with E-state index in [0.717, 1.165) is 56.7 Å². The molecule has 28 heavy (non-hydrogen) atoms. The van der Waals surface area contributed by atoms with Crippen molar-refractivity contribution in [2.24, 2.45) is 15.7 Å². The maximum atomic E-state index is 5.77. The van der Waals surface area contributed by atoms with E-state index in [1.807, 2.05) is 6.92 Å². The van der Waals surface area contributed by atoms with Crippen LogP contribution in [0.1, 0.15) is 57.6 Å². The van der Waals surface area contributed by atoms with E-state index in [2.05, 4.69) is 62.2 Å². The standard InChI is InChI=1S/C24H34N4/c1-5-8-15-26-24(28-18(4)25)21(7-3)12-11-20-16-23(27-17-20)22-13-9-19(6-2)10-14-22/h7,9-10,13-14,16H,4-6,8,11-12,15,17,25H2,1-3H3,(H,26,28)/b21-7-. The van der Waals surface area contributed by atoms with Crippen LogP contribution in [0.5, 0.6) is 0 Å². The summed E-state index contributed by atoms with van der Waals surface area (Å²) in [5.41, 5.74) is 11.9. The molecule has 0 unspecified atom stereocenters. The number of rotatable bonds is 10. The fourth-order valence-electron chi connectivity index (χ4n) is 3.13. The van der Waals surface area contributed by atoms with Crippen molar-refractivity contribution in [1.29, 1.82) is 0 Å². The average molecular weight is 379 g/mol. The van der Waals surface area contributed by atoms with Gasteiger partial charge in [0, 0.05) is 6.54 Å². The molecule has 0 fully saturated rings. The van der Waals surface area contributed by atoms with Crippen molar-refractivity contribution in [2.45, 2.75) is 52.9 Å². The molecule has 1 aromatic carbocycles. The predicted molar refractivity (Wildman–Crippen MR) is 122 cm³/mol. The molecule has 3 N–H and O–H groups in total. The molecule has 4 nitrogen and oxygen atoms in total. The summed E-state index contributed by atoms with van der Waals surface area (Å²) in [5.74, 6) is 1.27. The number of hydrogen-bond donors (Lipinski definition) is 2. The summed E-state index contributed by atoms with van der Waals surface area (Å²) < 4.78 is 0. The number of hydrogen-bond acceptors (Lipinski definition) is 3. The molecule has 4 heteroatoms. The SMILES string of the molecule is C=C(N)NC(=NCCCC)/C(=C\C)CCC1=CC(c2ccc(CC)cc2)=NC1. The number of nitrogens with one attached hydrogen (secondary N) is 1. The number of allylic oxidation sites excluding steroid dienone is 2. The van der Waals surface area contributed by atoms with Gasteiger partial charge in [0.25, 0.3) is 0 Å². The summed E-state index contributed by atoms with van der Waals surface area (Å²) in [6.45, 7) is 11.7. The Morgan fingerprint density at radius 3 is 2.64 bits per heavy atom. The zero-order valence-electron chi connectivity index (χ0n) is 17.6. The Bertz CT molecular complexity index is 779. The molecule has 1 aliphatic rings. The molecule has 1 aliphatic heterocycles. The molecule has 0 radical (unpaired) electrons. The molecule has 0 amide bonds. The van der Waals surface area contributed by atoms with Crippen LogP contribution in [0.2, 0.25) is 0 Å². The molecular formula is C24H34N4. The number of unbranched alkanes of at least 4 members (excludes halogenated alkanes) is 1. The van der Waals surface area contributed by atoms with Gasteiger partial charge in [-0.15, -0.1) is 0 Å². The van der Waals surface area contributed by atoms with Gasteiger partial charge in [-0.3, -0.25) is 9.98 Å². The fourth-order valence-corrected chi connectivity index (χ4v) is 3.13. The topological polar surface area (TPSA) is 62.8 Å². The first-order valence-electron chi connectivity index (χ1n) is 10.3. The molecule has 150 valence electrons. The van der Waals surface area contributed by atoms with Crippen LogP contribution in [0.3, 0.4) is 0 Å². The van der Waals surface area contributed by atoms with Crippen LogP contribution >= 0.6 is 0 Å². The van der Waals surface area contributed by atoms with Crippen LogP contribution in [0.25, 0.3) is 0 Å². The summed E-state index contributed by atoms with van der Waals surface area (Å²) >= 11 is 0. The van der Waals surface area contributed by atoms with Crippen molar-refractivity contribution in [1.82, 2.24) is 5.32 Å². The van der Waals surface area contributed by atoms with E-state index in [1.54, 1.807) is 0 Å². The average Bonchev–Trinajstić information content (AvgIpc) is 3.17. The van der Waals surface area contributed by atoms with Crippen molar-refractivity contribution in [2.75, 3.05) is 13.1 Å². The fraction of sp³-hybridized carbons (Fsp3) is 0.417. The Morgan fingerprint density at radius 1 is 1.29 bits per heavy atom. The third-order valence-corrected chi connectivity index (χ3v) is 4.88.